The number of aliphatic carboxylic acids is 1. The van der Waals surface area contributed by atoms with E-state index in [0.717, 1.165) is 25.9 Å². The average molecular weight is 262 g/mol. The Morgan fingerprint density at radius 3 is 2.42 bits per heavy atom. The summed E-state index contributed by atoms with van der Waals surface area (Å²) < 4.78 is 0. The number of carboxylic acid groups (broad SMARTS) is 1. The van der Waals surface area contributed by atoms with E-state index in [0.29, 0.717) is 5.56 Å². The quantitative estimate of drug-likeness (QED) is 0.754. The van der Waals surface area contributed by atoms with Gasteiger partial charge in [-0.2, -0.15) is 0 Å². The first-order chi connectivity index (χ1) is 9.18. The van der Waals surface area contributed by atoms with E-state index in [1.165, 1.54) is 0 Å². The second kappa shape index (κ2) is 6.33. The second-order valence-electron chi connectivity index (χ2n) is 4.71. The summed E-state index contributed by atoms with van der Waals surface area (Å²) in [5, 5.41) is 15.1. The third-order valence-corrected chi connectivity index (χ3v) is 3.38. The molecule has 1 aliphatic heterocycles. The maximum atomic E-state index is 12.1. The topological polar surface area (TPSA) is 78.4 Å². The first-order valence-electron chi connectivity index (χ1n) is 6.47. The van der Waals surface area contributed by atoms with Gasteiger partial charge in [0.25, 0.3) is 0 Å². The lowest BCUT2D eigenvalue weighted by Gasteiger charge is -2.24. The van der Waals surface area contributed by atoms with Crippen LogP contribution in [0.4, 0.5) is 0 Å². The van der Waals surface area contributed by atoms with Gasteiger partial charge in [-0.3, -0.25) is 4.79 Å². The smallest absolute Gasteiger partial charge is 0.330 e. The van der Waals surface area contributed by atoms with Gasteiger partial charge in [-0.25, -0.2) is 4.79 Å². The molecule has 0 unspecified atom stereocenters. The molecular weight excluding hydrogens is 244 g/mol. The minimum atomic E-state index is -1.03. The van der Waals surface area contributed by atoms with Crippen LogP contribution in [0.15, 0.2) is 30.3 Å². The molecule has 0 radical (unpaired) electrons. The lowest BCUT2D eigenvalue weighted by atomic mass is 9.96. The second-order valence-corrected chi connectivity index (χ2v) is 4.71. The molecule has 19 heavy (non-hydrogen) atoms. The molecule has 1 amide bonds. The Balaban J connectivity index is 2.04. The molecule has 102 valence electrons. The van der Waals surface area contributed by atoms with E-state index >= 15 is 0 Å². The molecule has 1 aliphatic rings. The molecule has 0 aliphatic carbocycles. The van der Waals surface area contributed by atoms with E-state index in [1.54, 1.807) is 24.3 Å². The zero-order chi connectivity index (χ0) is 13.7. The highest BCUT2D eigenvalue weighted by atomic mass is 16.4. The Morgan fingerprint density at radius 1 is 1.21 bits per heavy atom. The van der Waals surface area contributed by atoms with Crippen molar-refractivity contribution < 1.29 is 14.7 Å². The average Bonchev–Trinajstić information content (AvgIpc) is 2.46. The minimum absolute atomic E-state index is 0.0909. The number of rotatable bonds is 4. The standard InChI is InChI=1S/C14H18N2O3/c17-13(11-6-8-15-9-7-11)16-12(14(18)19)10-4-2-1-3-5-10/h1-5,11-12,15H,6-9H2,(H,16,17)(H,18,19)/t12-/m0/s1. The van der Waals surface area contributed by atoms with E-state index in [4.69, 9.17) is 0 Å². The number of hydrogen-bond acceptors (Lipinski definition) is 3. The third-order valence-electron chi connectivity index (χ3n) is 3.38. The summed E-state index contributed by atoms with van der Waals surface area (Å²) in [5.74, 6) is -1.29. The molecule has 2 rings (SSSR count). The van der Waals surface area contributed by atoms with E-state index in [9.17, 15) is 14.7 Å². The Bertz CT molecular complexity index is 441. The summed E-state index contributed by atoms with van der Waals surface area (Å²) in [6, 6.07) is 7.80. The zero-order valence-electron chi connectivity index (χ0n) is 10.6. The van der Waals surface area contributed by atoms with E-state index in [1.807, 2.05) is 6.07 Å². The van der Waals surface area contributed by atoms with Crippen molar-refractivity contribution in [3.05, 3.63) is 35.9 Å². The maximum absolute atomic E-state index is 12.1. The molecule has 1 atom stereocenters. The minimum Gasteiger partial charge on any atom is -0.479 e. The number of benzene rings is 1. The SMILES string of the molecule is O=C(N[C@H](C(=O)O)c1ccccc1)C1CCNCC1. The lowest BCUT2D eigenvalue weighted by Crippen LogP contribution is -2.41. The predicted molar refractivity (Wildman–Crippen MR) is 70.6 cm³/mol. The van der Waals surface area contributed by atoms with Crippen LogP contribution in [0.2, 0.25) is 0 Å². The molecular formula is C14H18N2O3. The molecule has 1 saturated heterocycles. The monoisotopic (exact) mass is 262 g/mol. The van der Waals surface area contributed by atoms with Gasteiger partial charge in [0.1, 0.15) is 0 Å². The van der Waals surface area contributed by atoms with Crippen molar-refractivity contribution in [2.75, 3.05) is 13.1 Å². The van der Waals surface area contributed by atoms with Gasteiger partial charge in [0.2, 0.25) is 5.91 Å². The van der Waals surface area contributed by atoms with Gasteiger partial charge in [-0.15, -0.1) is 0 Å². The van der Waals surface area contributed by atoms with Crippen LogP contribution in [0.3, 0.4) is 0 Å². The third kappa shape index (κ3) is 3.54. The van der Waals surface area contributed by atoms with Crippen LogP contribution < -0.4 is 10.6 Å². The molecule has 1 heterocycles. The van der Waals surface area contributed by atoms with Crippen molar-refractivity contribution in [1.29, 1.82) is 0 Å². The van der Waals surface area contributed by atoms with Gasteiger partial charge in [-0.1, -0.05) is 30.3 Å². The number of nitrogens with one attached hydrogen (secondary N) is 2. The van der Waals surface area contributed by atoms with Crippen molar-refractivity contribution in [1.82, 2.24) is 10.6 Å². The van der Waals surface area contributed by atoms with Crippen LogP contribution in [0, 0.1) is 5.92 Å². The Labute approximate surface area is 112 Å². The highest BCUT2D eigenvalue weighted by Gasteiger charge is 2.27. The Hall–Kier alpha value is -1.88. The molecule has 1 aromatic rings. The van der Waals surface area contributed by atoms with Gasteiger partial charge in [0, 0.05) is 5.92 Å². The number of carbonyl (C=O) groups excluding carboxylic acids is 1. The summed E-state index contributed by atoms with van der Waals surface area (Å²) in [6.45, 7) is 1.61. The van der Waals surface area contributed by atoms with E-state index in [-0.39, 0.29) is 11.8 Å². The van der Waals surface area contributed by atoms with Crippen LogP contribution in [-0.4, -0.2) is 30.1 Å². The highest BCUT2D eigenvalue weighted by Crippen LogP contribution is 2.17. The largest absolute Gasteiger partial charge is 0.479 e. The number of piperidine rings is 1. The normalized spacial score (nSPS) is 17.7. The Kier molecular flexibility index (Phi) is 4.52. The number of carboxylic acids is 1. The molecule has 0 spiro atoms. The van der Waals surface area contributed by atoms with Crippen LogP contribution in [0.1, 0.15) is 24.4 Å². The van der Waals surface area contributed by atoms with Crippen LogP contribution in [0.5, 0.6) is 0 Å². The highest BCUT2D eigenvalue weighted by molar-refractivity contribution is 5.85. The molecule has 3 N–H and O–H groups in total. The Morgan fingerprint density at radius 2 is 1.84 bits per heavy atom. The van der Waals surface area contributed by atoms with Gasteiger partial charge in [0.15, 0.2) is 6.04 Å². The van der Waals surface area contributed by atoms with Crippen molar-refractivity contribution in [3.63, 3.8) is 0 Å². The van der Waals surface area contributed by atoms with Gasteiger partial charge >= 0.3 is 5.97 Å². The fraction of sp³-hybridized carbons (Fsp3) is 0.429. The number of carbonyl (C=O) groups is 2. The van der Waals surface area contributed by atoms with Crippen LogP contribution in [0.25, 0.3) is 0 Å². The first kappa shape index (κ1) is 13.5. The zero-order valence-corrected chi connectivity index (χ0v) is 10.6. The molecule has 5 heteroatoms. The van der Waals surface area contributed by atoms with Crippen LogP contribution in [-0.2, 0) is 9.59 Å². The molecule has 5 nitrogen and oxygen atoms in total. The predicted octanol–water partition coefficient (Wildman–Crippen LogP) is 0.928. The van der Waals surface area contributed by atoms with E-state index in [2.05, 4.69) is 10.6 Å². The van der Waals surface area contributed by atoms with Crippen molar-refractivity contribution >= 4 is 11.9 Å². The molecule has 1 aromatic carbocycles. The summed E-state index contributed by atoms with van der Waals surface area (Å²) in [5.41, 5.74) is 0.595. The van der Waals surface area contributed by atoms with Gasteiger partial charge in [-0.05, 0) is 31.5 Å². The molecule has 1 fully saturated rings. The summed E-state index contributed by atoms with van der Waals surface area (Å²) in [6.07, 6.45) is 1.51. The van der Waals surface area contributed by atoms with Crippen molar-refractivity contribution in [2.45, 2.75) is 18.9 Å². The molecule has 0 aromatic heterocycles. The lowest BCUT2D eigenvalue weighted by molar-refractivity contribution is -0.142. The number of amides is 1. The fourth-order valence-electron chi connectivity index (χ4n) is 2.28. The van der Waals surface area contributed by atoms with Gasteiger partial charge in [0.05, 0.1) is 0 Å². The molecule has 0 bridgehead atoms. The summed E-state index contributed by atoms with van der Waals surface area (Å²) in [4.78, 5) is 23.4. The molecule has 0 saturated carbocycles. The van der Waals surface area contributed by atoms with Crippen molar-refractivity contribution in [3.8, 4) is 0 Å². The first-order valence-corrected chi connectivity index (χ1v) is 6.47. The maximum Gasteiger partial charge on any atom is 0.330 e. The summed E-state index contributed by atoms with van der Waals surface area (Å²) in [7, 11) is 0. The van der Waals surface area contributed by atoms with Crippen molar-refractivity contribution in [2.24, 2.45) is 5.92 Å². The van der Waals surface area contributed by atoms with Gasteiger partial charge < -0.3 is 15.7 Å². The number of hydrogen-bond donors (Lipinski definition) is 3. The summed E-state index contributed by atoms with van der Waals surface area (Å²) >= 11 is 0. The van der Waals surface area contributed by atoms with Crippen LogP contribution >= 0.6 is 0 Å². The fourth-order valence-corrected chi connectivity index (χ4v) is 2.28. The van der Waals surface area contributed by atoms with E-state index < -0.39 is 12.0 Å².